The first-order chi connectivity index (χ1) is 13.4. The topological polar surface area (TPSA) is 87.3 Å². The quantitative estimate of drug-likeness (QED) is 0.495. The van der Waals surface area contributed by atoms with E-state index in [4.69, 9.17) is 0 Å². The SMILES string of the molecule is C[C@H](CNC(=O)c1ccccc1SC[C@@]1(C)NC(=O)NC1=O)c1ccccc1. The smallest absolute Gasteiger partial charge is 0.322 e. The van der Waals surface area contributed by atoms with E-state index in [0.717, 1.165) is 4.90 Å². The van der Waals surface area contributed by atoms with Crippen molar-refractivity contribution in [2.75, 3.05) is 12.3 Å². The zero-order chi connectivity index (χ0) is 20.1. The van der Waals surface area contributed by atoms with Crippen LogP contribution < -0.4 is 16.0 Å². The zero-order valence-corrected chi connectivity index (χ0v) is 16.6. The summed E-state index contributed by atoms with van der Waals surface area (Å²) in [6.07, 6.45) is 0. The predicted octanol–water partition coefficient (Wildman–Crippen LogP) is 2.91. The van der Waals surface area contributed by atoms with E-state index in [9.17, 15) is 14.4 Å². The fraction of sp³-hybridized carbons (Fsp3) is 0.286. The molecule has 2 aromatic rings. The Bertz CT molecular complexity index is 887. The lowest BCUT2D eigenvalue weighted by molar-refractivity contribution is -0.122. The molecule has 1 saturated heterocycles. The van der Waals surface area contributed by atoms with Crippen LogP contribution in [0.4, 0.5) is 4.79 Å². The van der Waals surface area contributed by atoms with Crippen LogP contribution >= 0.6 is 11.8 Å². The highest BCUT2D eigenvalue weighted by Gasteiger charge is 2.41. The van der Waals surface area contributed by atoms with Gasteiger partial charge in [-0.3, -0.25) is 14.9 Å². The maximum Gasteiger partial charge on any atom is 0.322 e. The zero-order valence-electron chi connectivity index (χ0n) is 15.8. The van der Waals surface area contributed by atoms with Crippen LogP contribution in [0.1, 0.15) is 35.7 Å². The molecule has 1 fully saturated rings. The summed E-state index contributed by atoms with van der Waals surface area (Å²) in [6.45, 7) is 4.26. The number of benzene rings is 2. The molecule has 0 aromatic heterocycles. The van der Waals surface area contributed by atoms with E-state index in [0.29, 0.717) is 17.9 Å². The Hall–Kier alpha value is -2.80. The van der Waals surface area contributed by atoms with Crippen LogP contribution in [0.5, 0.6) is 0 Å². The first kappa shape index (κ1) is 19.9. The lowest BCUT2D eigenvalue weighted by Crippen LogP contribution is -2.46. The maximum atomic E-state index is 12.7. The second-order valence-electron chi connectivity index (χ2n) is 7.05. The van der Waals surface area contributed by atoms with Crippen LogP contribution in [0.25, 0.3) is 0 Å². The minimum Gasteiger partial charge on any atom is -0.351 e. The van der Waals surface area contributed by atoms with Crippen molar-refractivity contribution >= 4 is 29.6 Å². The van der Waals surface area contributed by atoms with Crippen molar-refractivity contribution in [1.82, 2.24) is 16.0 Å². The first-order valence-electron chi connectivity index (χ1n) is 9.07. The fourth-order valence-electron chi connectivity index (χ4n) is 2.92. The molecule has 4 amide bonds. The monoisotopic (exact) mass is 397 g/mol. The third-order valence-electron chi connectivity index (χ3n) is 4.70. The summed E-state index contributed by atoms with van der Waals surface area (Å²) in [6, 6.07) is 16.8. The van der Waals surface area contributed by atoms with Gasteiger partial charge in [0, 0.05) is 17.2 Å². The van der Waals surface area contributed by atoms with Crippen molar-refractivity contribution in [1.29, 1.82) is 0 Å². The van der Waals surface area contributed by atoms with Crippen LogP contribution in [0, 0.1) is 0 Å². The number of rotatable bonds is 7. The molecule has 0 spiro atoms. The number of hydrogen-bond acceptors (Lipinski definition) is 4. The predicted molar refractivity (Wildman–Crippen MR) is 109 cm³/mol. The molecule has 0 unspecified atom stereocenters. The lowest BCUT2D eigenvalue weighted by atomic mass is 10.0. The van der Waals surface area contributed by atoms with Crippen molar-refractivity contribution < 1.29 is 14.4 Å². The Morgan fingerprint density at radius 3 is 2.46 bits per heavy atom. The summed E-state index contributed by atoms with van der Waals surface area (Å²) in [5, 5.41) is 7.87. The van der Waals surface area contributed by atoms with Crippen molar-refractivity contribution in [3.8, 4) is 0 Å². The number of carbonyl (C=O) groups is 3. The van der Waals surface area contributed by atoms with E-state index in [1.165, 1.54) is 17.3 Å². The van der Waals surface area contributed by atoms with Gasteiger partial charge in [-0.1, -0.05) is 49.4 Å². The number of carbonyl (C=O) groups excluding carboxylic acids is 3. The van der Waals surface area contributed by atoms with Crippen molar-refractivity contribution in [2.45, 2.75) is 30.2 Å². The van der Waals surface area contributed by atoms with Crippen LogP contribution in [0.3, 0.4) is 0 Å². The van der Waals surface area contributed by atoms with Gasteiger partial charge in [0.25, 0.3) is 11.8 Å². The molecule has 146 valence electrons. The van der Waals surface area contributed by atoms with E-state index in [2.05, 4.69) is 22.9 Å². The third kappa shape index (κ3) is 4.54. The van der Waals surface area contributed by atoms with Crippen molar-refractivity contribution in [3.63, 3.8) is 0 Å². The summed E-state index contributed by atoms with van der Waals surface area (Å²) in [4.78, 5) is 36.9. The number of imide groups is 1. The van der Waals surface area contributed by atoms with Crippen molar-refractivity contribution in [2.24, 2.45) is 0 Å². The van der Waals surface area contributed by atoms with Gasteiger partial charge in [-0.25, -0.2) is 4.79 Å². The van der Waals surface area contributed by atoms with Crippen LogP contribution in [-0.4, -0.2) is 35.7 Å². The van der Waals surface area contributed by atoms with E-state index in [1.54, 1.807) is 13.0 Å². The Kier molecular flexibility index (Phi) is 6.04. The lowest BCUT2D eigenvalue weighted by Gasteiger charge is -2.20. The molecule has 2 aromatic carbocycles. The Balaban J connectivity index is 1.64. The average molecular weight is 398 g/mol. The molecule has 2 atom stereocenters. The maximum absolute atomic E-state index is 12.7. The molecule has 0 radical (unpaired) electrons. The van der Waals surface area contributed by atoms with Gasteiger partial charge in [-0.15, -0.1) is 11.8 Å². The standard InChI is InChI=1S/C21H23N3O3S/c1-14(15-8-4-3-5-9-15)12-22-18(25)16-10-6-7-11-17(16)28-13-21(2)19(26)23-20(27)24-21/h3-11,14H,12-13H2,1-2H3,(H,22,25)(H2,23,24,26,27)/t14-,21-/m1/s1. The first-order valence-corrected chi connectivity index (χ1v) is 10.1. The van der Waals surface area contributed by atoms with Crippen LogP contribution in [0.15, 0.2) is 59.5 Å². The van der Waals surface area contributed by atoms with E-state index in [1.807, 2.05) is 48.5 Å². The molecule has 3 rings (SSSR count). The molecular weight excluding hydrogens is 374 g/mol. The van der Waals surface area contributed by atoms with E-state index in [-0.39, 0.29) is 17.7 Å². The average Bonchev–Trinajstić information content (AvgIpc) is 2.97. The molecule has 0 saturated carbocycles. The van der Waals surface area contributed by atoms with Gasteiger partial charge >= 0.3 is 6.03 Å². The Morgan fingerprint density at radius 1 is 1.11 bits per heavy atom. The highest BCUT2D eigenvalue weighted by Crippen LogP contribution is 2.27. The van der Waals surface area contributed by atoms with E-state index < -0.39 is 11.6 Å². The number of urea groups is 1. The van der Waals surface area contributed by atoms with Gasteiger partial charge in [0.15, 0.2) is 0 Å². The van der Waals surface area contributed by atoms with Gasteiger partial charge in [0.05, 0.1) is 5.56 Å². The molecule has 1 heterocycles. The largest absolute Gasteiger partial charge is 0.351 e. The van der Waals surface area contributed by atoms with Crippen LogP contribution in [0.2, 0.25) is 0 Å². The number of amides is 4. The summed E-state index contributed by atoms with van der Waals surface area (Å²) in [7, 11) is 0. The van der Waals surface area contributed by atoms with Gasteiger partial charge in [0.1, 0.15) is 5.54 Å². The second-order valence-corrected chi connectivity index (χ2v) is 8.06. The van der Waals surface area contributed by atoms with Crippen molar-refractivity contribution in [3.05, 3.63) is 65.7 Å². The summed E-state index contributed by atoms with van der Waals surface area (Å²) in [5.41, 5.74) is 0.732. The summed E-state index contributed by atoms with van der Waals surface area (Å²) in [5.74, 6) is 0.00998. The minimum atomic E-state index is -0.993. The molecular formula is C21H23N3O3S. The molecule has 3 N–H and O–H groups in total. The molecule has 28 heavy (non-hydrogen) atoms. The number of hydrogen-bond donors (Lipinski definition) is 3. The molecule has 0 bridgehead atoms. The third-order valence-corrected chi connectivity index (χ3v) is 6.09. The van der Waals surface area contributed by atoms with Crippen LogP contribution in [-0.2, 0) is 4.79 Å². The molecule has 1 aliphatic heterocycles. The molecule has 6 nitrogen and oxygen atoms in total. The number of thioether (sulfide) groups is 1. The molecule has 7 heteroatoms. The molecule has 1 aliphatic rings. The second kappa shape index (κ2) is 8.48. The fourth-order valence-corrected chi connectivity index (χ4v) is 4.06. The number of nitrogens with one attached hydrogen (secondary N) is 3. The van der Waals surface area contributed by atoms with Gasteiger partial charge < -0.3 is 10.6 Å². The minimum absolute atomic E-state index is 0.157. The highest BCUT2D eigenvalue weighted by atomic mass is 32.2. The summed E-state index contributed by atoms with van der Waals surface area (Å²) < 4.78 is 0. The Morgan fingerprint density at radius 2 is 1.79 bits per heavy atom. The normalized spacial score (nSPS) is 19.6. The van der Waals surface area contributed by atoms with Gasteiger partial charge in [-0.05, 0) is 30.5 Å². The summed E-state index contributed by atoms with van der Waals surface area (Å²) >= 11 is 1.37. The molecule has 0 aliphatic carbocycles. The van der Waals surface area contributed by atoms with Gasteiger partial charge in [0.2, 0.25) is 0 Å². The highest BCUT2D eigenvalue weighted by molar-refractivity contribution is 7.99. The van der Waals surface area contributed by atoms with E-state index >= 15 is 0 Å². The Labute approximate surface area is 168 Å². The van der Waals surface area contributed by atoms with Gasteiger partial charge in [-0.2, -0.15) is 0 Å².